The van der Waals surface area contributed by atoms with Crippen LogP contribution in [0.25, 0.3) is 0 Å². The van der Waals surface area contributed by atoms with Crippen LogP contribution >= 0.6 is 0 Å². The van der Waals surface area contributed by atoms with Gasteiger partial charge in [-0.3, -0.25) is 4.79 Å². The highest BCUT2D eigenvalue weighted by Crippen LogP contribution is 2.45. The van der Waals surface area contributed by atoms with Crippen molar-refractivity contribution in [3.8, 4) is 0 Å². The molecule has 0 aromatic carbocycles. The van der Waals surface area contributed by atoms with E-state index in [-0.39, 0.29) is 24.5 Å². The zero-order valence-corrected chi connectivity index (χ0v) is 34.7. The van der Waals surface area contributed by atoms with Gasteiger partial charge in [-0.15, -0.1) is 0 Å². The molecule has 1 heterocycles. The fraction of sp³-hybridized carbons (Fsp3) is 0.830. The lowest BCUT2D eigenvalue weighted by Crippen LogP contribution is -2.62. The predicted octanol–water partition coefficient (Wildman–Crippen LogP) is 11.1. The maximum absolute atomic E-state index is 12.7. The molecule has 3 fully saturated rings. The van der Waals surface area contributed by atoms with E-state index in [2.05, 4.69) is 43.1 Å². The summed E-state index contributed by atoms with van der Waals surface area (Å²) in [5.41, 5.74) is 6.28. The fourth-order valence-electron chi connectivity index (χ4n) is 8.03. The third-order valence-corrected chi connectivity index (χ3v) is 12.1. The minimum atomic E-state index is -0.846. The van der Waals surface area contributed by atoms with Crippen LogP contribution in [0.4, 0.5) is 0 Å². The minimum Gasteiger partial charge on any atom is -0.391 e. The molecule has 9 unspecified atom stereocenters. The number of allylic oxidation sites excluding steroid dienone is 5. The molecule has 3 aliphatic rings. The van der Waals surface area contributed by atoms with Gasteiger partial charge in [0.25, 0.3) is 0 Å². The van der Waals surface area contributed by atoms with Gasteiger partial charge in [-0.1, -0.05) is 140 Å². The number of hydrogen-bond acceptors (Lipinski definition) is 6. The Balaban J connectivity index is 1.31. The molecule has 0 aromatic heterocycles. The molecule has 0 bridgehead atoms. The zero-order valence-electron chi connectivity index (χ0n) is 34.7. The molecule has 9 atom stereocenters. The summed E-state index contributed by atoms with van der Waals surface area (Å²) in [6.07, 6.45) is 44.5. The van der Waals surface area contributed by atoms with Crippen LogP contribution in [0.3, 0.4) is 0 Å². The molecule has 1 saturated heterocycles. The van der Waals surface area contributed by atoms with Crippen molar-refractivity contribution >= 4 is 12.1 Å². The maximum atomic E-state index is 12.7. The van der Waals surface area contributed by atoms with E-state index in [1.54, 1.807) is 6.21 Å². The molecule has 0 radical (unpaired) electrons. The van der Waals surface area contributed by atoms with Gasteiger partial charge in [0.2, 0.25) is 5.91 Å². The summed E-state index contributed by atoms with van der Waals surface area (Å²) in [4.78, 5) is 17.0. The van der Waals surface area contributed by atoms with Crippen LogP contribution in [0.2, 0.25) is 0 Å². The van der Waals surface area contributed by atoms with E-state index in [0.717, 1.165) is 56.8 Å². The van der Waals surface area contributed by atoms with E-state index in [0.29, 0.717) is 6.42 Å². The van der Waals surface area contributed by atoms with Crippen LogP contribution in [0.5, 0.6) is 0 Å². The summed E-state index contributed by atoms with van der Waals surface area (Å²) in [7, 11) is 0. The second-order valence-corrected chi connectivity index (χ2v) is 16.9. The number of nitrogens with zero attached hydrogens (tertiary/aromatic N) is 1. The van der Waals surface area contributed by atoms with E-state index < -0.39 is 30.5 Å². The van der Waals surface area contributed by atoms with Crippen molar-refractivity contribution in [2.24, 2.45) is 34.4 Å². The molecule has 0 aromatic rings. The minimum absolute atomic E-state index is 0.0312. The zero-order chi connectivity index (χ0) is 38.6. The molecule has 0 spiro atoms. The molecule has 1 aliphatic heterocycles. The molecule has 7 nitrogen and oxygen atoms in total. The third-order valence-electron chi connectivity index (χ3n) is 12.1. The Bertz CT molecular complexity index is 1070. The van der Waals surface area contributed by atoms with E-state index in [9.17, 15) is 15.0 Å². The third kappa shape index (κ3) is 20.0. The molecule has 1 amide bonds. The first kappa shape index (κ1) is 46.7. The summed E-state index contributed by atoms with van der Waals surface area (Å²) in [6.45, 7) is 4.62. The van der Waals surface area contributed by atoms with Crippen LogP contribution in [0.1, 0.15) is 187 Å². The first-order chi connectivity index (χ1) is 26.4. The number of fused-ring (bicyclic) bond motifs is 1. The fourth-order valence-corrected chi connectivity index (χ4v) is 8.03. The summed E-state index contributed by atoms with van der Waals surface area (Å²) in [6, 6.07) is -0.643. The van der Waals surface area contributed by atoms with Gasteiger partial charge >= 0.3 is 0 Å². The second-order valence-electron chi connectivity index (χ2n) is 16.9. The van der Waals surface area contributed by atoms with Gasteiger partial charge in [0.1, 0.15) is 0 Å². The number of rotatable bonds is 33. The Hall–Kier alpha value is -1.64. The molecule has 3 rings (SSSR count). The van der Waals surface area contributed by atoms with Crippen LogP contribution < -0.4 is 5.73 Å². The lowest BCUT2D eigenvalue weighted by atomic mass is 9.74. The van der Waals surface area contributed by atoms with Crippen molar-refractivity contribution in [3.63, 3.8) is 0 Å². The van der Waals surface area contributed by atoms with Crippen LogP contribution in [0.15, 0.2) is 41.4 Å². The van der Waals surface area contributed by atoms with Gasteiger partial charge in [-0.2, -0.15) is 0 Å². The van der Waals surface area contributed by atoms with E-state index in [1.165, 1.54) is 122 Å². The normalized spacial score (nSPS) is 26.6. The van der Waals surface area contributed by atoms with Crippen molar-refractivity contribution in [3.05, 3.63) is 36.5 Å². The number of aliphatic hydroxyl groups is 2. The van der Waals surface area contributed by atoms with Gasteiger partial charge < -0.3 is 25.4 Å². The Kier molecular flexibility index (Phi) is 25.6. The Labute approximate surface area is 331 Å². The van der Waals surface area contributed by atoms with Crippen molar-refractivity contribution in [2.45, 2.75) is 218 Å². The number of carbonyl (C=O) groups excluding carboxylic acids is 1. The van der Waals surface area contributed by atoms with Crippen molar-refractivity contribution < 1.29 is 24.5 Å². The molecular formula is C47H82N2O5. The highest BCUT2D eigenvalue weighted by molar-refractivity contribution is 5.85. The quantitative estimate of drug-likeness (QED) is 0.0349. The van der Waals surface area contributed by atoms with Crippen molar-refractivity contribution in [1.29, 1.82) is 0 Å². The van der Waals surface area contributed by atoms with E-state index >= 15 is 0 Å². The monoisotopic (exact) mass is 755 g/mol. The molecular weight excluding hydrogens is 673 g/mol. The van der Waals surface area contributed by atoms with Gasteiger partial charge in [0.15, 0.2) is 6.29 Å². The second kappa shape index (κ2) is 29.6. The van der Waals surface area contributed by atoms with Gasteiger partial charge in [-0.05, 0) is 88.9 Å². The highest BCUT2D eigenvalue weighted by Gasteiger charge is 2.48. The molecule has 4 N–H and O–H groups in total. The van der Waals surface area contributed by atoms with Crippen molar-refractivity contribution in [1.82, 2.24) is 0 Å². The first-order valence-corrected chi connectivity index (χ1v) is 22.9. The largest absolute Gasteiger partial charge is 0.391 e. The highest BCUT2D eigenvalue weighted by atomic mass is 16.7. The molecule has 54 heavy (non-hydrogen) atoms. The topological polar surface area (TPSA) is 114 Å². The maximum Gasteiger partial charge on any atom is 0.245 e. The Morgan fingerprint density at radius 2 is 1.37 bits per heavy atom. The molecule has 2 saturated carbocycles. The molecule has 7 heteroatoms. The standard InChI is InChI=1S/C47H82N2O5/c1-3-5-7-9-11-13-14-15-16-18-20-22-27-31-42(50)40(37-53-47-45(48)46(52)41-33-34-43(41)54-47)36-49-44(51)32-28-24-23-26-30-39-35-38(39)29-25-21-19-17-12-10-8-6-4-2/h12,17,23,26-27,31,36,38-43,45-47,50,52H,3-11,13-16,18-22,24-25,28-30,32-35,37,48H2,1-2H3. The molecule has 2 aliphatic carbocycles. The predicted molar refractivity (Wildman–Crippen MR) is 225 cm³/mol. The number of nitrogens with two attached hydrogens (primary N) is 1. The van der Waals surface area contributed by atoms with Crippen LogP contribution in [-0.4, -0.2) is 59.6 Å². The SMILES string of the molecule is CCCCCC=CCCCCC1CC1CC=CCCCC(=O)N=CC(COC1OC2CCC2C(O)C1N)C(O)C=CCCCCCCCCCCCCC. The number of aliphatic imine (C=N–C) groups is 1. The smallest absolute Gasteiger partial charge is 0.245 e. The molecule has 310 valence electrons. The van der Waals surface area contributed by atoms with Gasteiger partial charge in [-0.25, -0.2) is 4.99 Å². The summed E-state index contributed by atoms with van der Waals surface area (Å²) in [5.74, 6) is 1.14. The summed E-state index contributed by atoms with van der Waals surface area (Å²) in [5, 5.41) is 21.7. The summed E-state index contributed by atoms with van der Waals surface area (Å²) < 4.78 is 12.1. The number of carbonyl (C=O) groups is 1. The number of ether oxygens (including phenoxy) is 2. The lowest BCUT2D eigenvalue weighted by molar-refractivity contribution is -0.272. The number of hydrogen-bond donors (Lipinski definition) is 3. The average Bonchev–Trinajstić information content (AvgIpc) is 3.91. The van der Waals surface area contributed by atoms with E-state index in [4.69, 9.17) is 15.2 Å². The van der Waals surface area contributed by atoms with Gasteiger partial charge in [0, 0.05) is 24.5 Å². The number of aliphatic hydroxyl groups excluding tert-OH is 2. The van der Waals surface area contributed by atoms with Crippen LogP contribution in [-0.2, 0) is 14.3 Å². The average molecular weight is 755 g/mol. The number of amides is 1. The Morgan fingerprint density at radius 1 is 0.778 bits per heavy atom. The van der Waals surface area contributed by atoms with Crippen molar-refractivity contribution in [2.75, 3.05) is 6.61 Å². The van der Waals surface area contributed by atoms with Gasteiger partial charge in [0.05, 0.1) is 31.0 Å². The van der Waals surface area contributed by atoms with Crippen LogP contribution in [0, 0.1) is 23.7 Å². The lowest BCUT2D eigenvalue weighted by Gasteiger charge is -2.49. The first-order valence-electron chi connectivity index (χ1n) is 22.9. The Morgan fingerprint density at radius 3 is 2.06 bits per heavy atom. The summed E-state index contributed by atoms with van der Waals surface area (Å²) >= 11 is 0. The van der Waals surface area contributed by atoms with E-state index in [1.807, 2.05) is 12.2 Å². The number of unbranched alkanes of at least 4 members (excludes halogenated alkanes) is 17.